The van der Waals surface area contributed by atoms with Gasteiger partial charge in [-0.15, -0.1) is 0 Å². The molecule has 1 aromatic carbocycles. The van der Waals surface area contributed by atoms with Crippen LogP contribution in [0.3, 0.4) is 0 Å². The Kier molecular flexibility index (Phi) is 4.38. The fraction of sp³-hybridized carbons (Fsp3) is 0.400. The van der Waals surface area contributed by atoms with Crippen molar-refractivity contribution < 1.29 is 0 Å². The number of hydrogen-bond donors (Lipinski definition) is 1. The molecule has 0 amide bonds. The maximum Gasteiger partial charge on any atom is 0.294 e. The summed E-state index contributed by atoms with van der Waals surface area (Å²) < 4.78 is 4.62. The maximum atomic E-state index is 12.4. The van der Waals surface area contributed by atoms with Gasteiger partial charge in [0.1, 0.15) is 5.69 Å². The Hall–Kier alpha value is -1.49. The average molecular weight is 338 g/mol. The van der Waals surface area contributed by atoms with Gasteiger partial charge in [-0.3, -0.25) is 9.48 Å². The van der Waals surface area contributed by atoms with Crippen LogP contribution in [0.15, 0.2) is 33.5 Å². The average Bonchev–Trinajstić information content (AvgIpc) is 2.64. The maximum absolute atomic E-state index is 12.4. The zero-order valence-electron chi connectivity index (χ0n) is 12.1. The highest BCUT2D eigenvalue weighted by molar-refractivity contribution is 9.10. The summed E-state index contributed by atoms with van der Waals surface area (Å²) in [5, 5.41) is 0. The number of nitrogen functional groups attached to an aromatic ring is 1. The van der Waals surface area contributed by atoms with Crippen molar-refractivity contribution in [3.8, 4) is 5.69 Å². The van der Waals surface area contributed by atoms with Crippen molar-refractivity contribution in [2.24, 2.45) is 5.92 Å². The molecule has 20 heavy (non-hydrogen) atoms. The van der Waals surface area contributed by atoms with E-state index in [-0.39, 0.29) is 5.56 Å². The summed E-state index contributed by atoms with van der Waals surface area (Å²) in [5.41, 5.74) is 8.02. The summed E-state index contributed by atoms with van der Waals surface area (Å²) in [6.07, 6.45) is 0.804. The van der Waals surface area contributed by atoms with Crippen molar-refractivity contribution >= 4 is 21.6 Å². The van der Waals surface area contributed by atoms with Crippen LogP contribution >= 0.6 is 15.9 Å². The first-order chi connectivity index (χ1) is 9.45. The minimum absolute atomic E-state index is 0.134. The van der Waals surface area contributed by atoms with E-state index in [1.165, 1.54) is 0 Å². The molecule has 0 aliphatic carbocycles. The van der Waals surface area contributed by atoms with E-state index >= 15 is 0 Å². The molecular formula is C15H20BrN3O. The van der Waals surface area contributed by atoms with E-state index in [1.54, 1.807) is 4.68 Å². The van der Waals surface area contributed by atoms with E-state index in [0.717, 1.165) is 22.3 Å². The van der Waals surface area contributed by atoms with Crippen LogP contribution in [0.4, 0.5) is 5.69 Å². The van der Waals surface area contributed by atoms with Gasteiger partial charge in [-0.1, -0.05) is 29.8 Å². The van der Waals surface area contributed by atoms with Crippen molar-refractivity contribution in [3.63, 3.8) is 0 Å². The lowest BCUT2D eigenvalue weighted by Crippen LogP contribution is -2.22. The minimum Gasteiger partial charge on any atom is -0.393 e. The second kappa shape index (κ2) is 5.87. The second-order valence-corrected chi connectivity index (χ2v) is 6.18. The molecule has 1 aromatic heterocycles. The Morgan fingerprint density at radius 3 is 2.35 bits per heavy atom. The third-order valence-electron chi connectivity index (χ3n) is 3.26. The van der Waals surface area contributed by atoms with Crippen LogP contribution in [0.5, 0.6) is 0 Å². The molecule has 1 heterocycles. The number of nitrogens with two attached hydrogens (primary N) is 1. The topological polar surface area (TPSA) is 52.9 Å². The molecule has 4 nitrogen and oxygen atoms in total. The number of hydrogen-bond acceptors (Lipinski definition) is 2. The van der Waals surface area contributed by atoms with E-state index in [1.807, 2.05) is 35.9 Å². The summed E-state index contributed by atoms with van der Waals surface area (Å²) in [6.45, 7) is 6.99. The third kappa shape index (κ3) is 2.68. The van der Waals surface area contributed by atoms with Gasteiger partial charge < -0.3 is 5.73 Å². The number of anilines is 1. The Labute approximate surface area is 127 Å². The van der Waals surface area contributed by atoms with Crippen molar-refractivity contribution in [1.82, 2.24) is 9.36 Å². The Balaban J connectivity index is 2.64. The number of nitrogens with zero attached hydrogens (tertiary/aromatic N) is 2. The van der Waals surface area contributed by atoms with E-state index in [0.29, 0.717) is 18.2 Å². The lowest BCUT2D eigenvalue weighted by Gasteiger charge is -2.14. The van der Waals surface area contributed by atoms with Gasteiger partial charge >= 0.3 is 0 Å². The number of aromatic nitrogens is 2. The van der Waals surface area contributed by atoms with Gasteiger partial charge in [0.25, 0.3) is 5.56 Å². The third-order valence-corrected chi connectivity index (χ3v) is 3.79. The summed E-state index contributed by atoms with van der Waals surface area (Å²) in [7, 11) is 0. The van der Waals surface area contributed by atoms with Crippen LogP contribution in [0.1, 0.15) is 26.5 Å². The van der Waals surface area contributed by atoms with E-state index in [9.17, 15) is 4.79 Å². The van der Waals surface area contributed by atoms with Crippen molar-refractivity contribution in [2.45, 2.75) is 33.7 Å². The van der Waals surface area contributed by atoms with Crippen LogP contribution in [-0.2, 0) is 13.0 Å². The number of halogens is 1. The molecule has 2 aromatic rings. The van der Waals surface area contributed by atoms with Crippen LogP contribution < -0.4 is 11.3 Å². The van der Waals surface area contributed by atoms with Gasteiger partial charge in [0.15, 0.2) is 0 Å². The zero-order valence-corrected chi connectivity index (χ0v) is 13.6. The molecule has 0 saturated carbocycles. The Morgan fingerprint density at radius 1 is 1.25 bits per heavy atom. The number of benzene rings is 1. The van der Waals surface area contributed by atoms with Crippen LogP contribution in [0, 0.1) is 5.92 Å². The van der Waals surface area contributed by atoms with Gasteiger partial charge in [0, 0.05) is 11.0 Å². The fourth-order valence-corrected chi connectivity index (χ4v) is 2.64. The van der Waals surface area contributed by atoms with E-state index in [2.05, 4.69) is 29.8 Å². The fourth-order valence-electron chi connectivity index (χ4n) is 2.38. The zero-order chi connectivity index (χ0) is 14.9. The minimum atomic E-state index is -0.134. The highest BCUT2D eigenvalue weighted by Gasteiger charge is 2.18. The summed E-state index contributed by atoms with van der Waals surface area (Å²) in [4.78, 5) is 12.4. The van der Waals surface area contributed by atoms with Gasteiger partial charge in [-0.05, 0) is 43.5 Å². The smallest absolute Gasteiger partial charge is 0.294 e. The van der Waals surface area contributed by atoms with Crippen LogP contribution in [0.25, 0.3) is 5.69 Å². The molecular weight excluding hydrogens is 318 g/mol. The predicted octanol–water partition coefficient (Wildman–Crippen LogP) is 3.20. The molecule has 0 aliphatic heterocycles. The summed E-state index contributed by atoms with van der Waals surface area (Å²) >= 11 is 3.41. The molecule has 5 heteroatoms. The lowest BCUT2D eigenvalue weighted by atomic mass is 10.1. The van der Waals surface area contributed by atoms with Gasteiger partial charge in [0.2, 0.25) is 0 Å². The highest BCUT2D eigenvalue weighted by atomic mass is 79.9. The molecule has 0 unspecified atom stereocenters. The summed E-state index contributed by atoms with van der Waals surface area (Å²) in [6, 6.07) is 7.67. The summed E-state index contributed by atoms with van der Waals surface area (Å²) in [5.74, 6) is 0.454. The number of rotatable bonds is 4. The second-order valence-electron chi connectivity index (χ2n) is 5.27. The van der Waals surface area contributed by atoms with Crippen molar-refractivity contribution in [1.29, 1.82) is 0 Å². The first-order valence-electron chi connectivity index (χ1n) is 6.81. The van der Waals surface area contributed by atoms with Crippen LogP contribution in [0.2, 0.25) is 0 Å². The van der Waals surface area contributed by atoms with Crippen molar-refractivity contribution in [3.05, 3.63) is 44.8 Å². The van der Waals surface area contributed by atoms with Crippen molar-refractivity contribution in [2.75, 3.05) is 5.73 Å². The molecule has 2 rings (SSSR count). The normalized spacial score (nSPS) is 11.2. The molecule has 0 saturated heterocycles. The molecule has 0 atom stereocenters. The molecule has 0 bridgehead atoms. The molecule has 0 fully saturated rings. The first kappa shape index (κ1) is 14.9. The lowest BCUT2D eigenvalue weighted by molar-refractivity contribution is 0.519. The first-order valence-corrected chi connectivity index (χ1v) is 7.61. The van der Waals surface area contributed by atoms with Crippen LogP contribution in [-0.4, -0.2) is 9.36 Å². The molecule has 0 radical (unpaired) electrons. The molecule has 108 valence electrons. The SMILES string of the molecule is CCn1c(CC(C)C)c(N)c(=O)n1-c1ccc(Br)cc1. The molecule has 0 aliphatic rings. The van der Waals surface area contributed by atoms with Gasteiger partial charge in [0.05, 0.1) is 11.4 Å². The van der Waals surface area contributed by atoms with E-state index in [4.69, 9.17) is 5.73 Å². The Morgan fingerprint density at radius 2 is 1.85 bits per heavy atom. The molecule has 0 spiro atoms. The monoisotopic (exact) mass is 337 g/mol. The molecule has 2 N–H and O–H groups in total. The predicted molar refractivity (Wildman–Crippen MR) is 86.4 cm³/mol. The Bertz CT molecular complexity index is 653. The quantitative estimate of drug-likeness (QED) is 0.931. The largest absolute Gasteiger partial charge is 0.393 e. The van der Waals surface area contributed by atoms with E-state index < -0.39 is 0 Å². The highest BCUT2D eigenvalue weighted by Crippen LogP contribution is 2.19. The van der Waals surface area contributed by atoms with Gasteiger partial charge in [-0.25, -0.2) is 4.68 Å². The standard InChI is InChI=1S/C15H20BrN3O/c1-4-18-13(9-10(2)3)14(17)15(20)19(18)12-7-5-11(16)6-8-12/h5-8,10H,4,9,17H2,1-3H3. The van der Waals surface area contributed by atoms with Gasteiger partial charge in [-0.2, -0.15) is 0 Å².